The molecule has 0 atom stereocenters. The predicted octanol–water partition coefficient (Wildman–Crippen LogP) is 3.43. The second-order valence-corrected chi connectivity index (χ2v) is 5.74. The third kappa shape index (κ3) is 2.39. The molecule has 1 N–H and O–H groups in total. The summed E-state index contributed by atoms with van der Waals surface area (Å²) in [5, 5.41) is 3.44. The number of ketones is 1. The van der Waals surface area contributed by atoms with Crippen LogP contribution in [0.15, 0.2) is 53.2 Å². The minimum Gasteiger partial charge on any atom is -0.461 e. The van der Waals surface area contributed by atoms with Crippen LogP contribution in [0.2, 0.25) is 0 Å². The summed E-state index contributed by atoms with van der Waals surface area (Å²) in [6.07, 6.45) is 4.08. The van der Waals surface area contributed by atoms with Gasteiger partial charge in [0, 0.05) is 22.9 Å². The minimum absolute atomic E-state index is 0.0658. The van der Waals surface area contributed by atoms with Gasteiger partial charge in [-0.1, -0.05) is 24.3 Å². The van der Waals surface area contributed by atoms with Gasteiger partial charge in [-0.3, -0.25) is 4.79 Å². The van der Waals surface area contributed by atoms with Crippen molar-refractivity contribution in [2.24, 2.45) is 0 Å². The zero-order valence-electron chi connectivity index (χ0n) is 11.6. The molecule has 0 aliphatic carbocycles. The Labute approximate surface area is 118 Å². The Morgan fingerprint density at radius 2 is 2.05 bits per heavy atom. The molecular weight excluding hydrogens is 250 g/mol. The predicted molar refractivity (Wildman–Crippen MR) is 78.4 cm³/mol. The summed E-state index contributed by atoms with van der Waals surface area (Å²) in [5.74, 6) is 0.241. The normalized spacial score (nSPS) is 18.4. The van der Waals surface area contributed by atoms with Crippen LogP contribution in [0, 0.1) is 0 Å². The summed E-state index contributed by atoms with van der Waals surface area (Å²) in [6.45, 7) is 4.27. The lowest BCUT2D eigenvalue weighted by atomic mass is 9.85. The highest BCUT2D eigenvalue weighted by Gasteiger charge is 2.27. The first-order valence-electron chi connectivity index (χ1n) is 6.71. The maximum absolute atomic E-state index is 12.2. The van der Waals surface area contributed by atoms with Gasteiger partial charge in [0.15, 0.2) is 5.76 Å². The van der Waals surface area contributed by atoms with Gasteiger partial charge in [0.25, 0.3) is 0 Å². The number of rotatable bonds is 2. The number of carbonyl (C=O) groups excluding carboxylic acids is 1. The molecule has 1 aromatic carbocycles. The van der Waals surface area contributed by atoms with Gasteiger partial charge < -0.3 is 9.73 Å². The summed E-state index contributed by atoms with van der Waals surface area (Å²) in [4.78, 5) is 12.2. The molecule has 0 saturated heterocycles. The van der Waals surface area contributed by atoms with Crippen molar-refractivity contribution in [3.8, 4) is 0 Å². The van der Waals surface area contributed by atoms with E-state index in [2.05, 4.69) is 25.2 Å². The van der Waals surface area contributed by atoms with E-state index in [0.717, 1.165) is 17.7 Å². The maximum atomic E-state index is 12.2. The lowest BCUT2D eigenvalue weighted by Crippen LogP contribution is -2.43. The van der Waals surface area contributed by atoms with Gasteiger partial charge in [-0.2, -0.15) is 0 Å². The van der Waals surface area contributed by atoms with E-state index >= 15 is 0 Å². The number of carbonyl (C=O) groups is 1. The van der Waals surface area contributed by atoms with Crippen LogP contribution in [0.1, 0.15) is 35.5 Å². The highest BCUT2D eigenvalue weighted by atomic mass is 16.3. The van der Waals surface area contributed by atoms with Crippen LogP contribution >= 0.6 is 0 Å². The second kappa shape index (κ2) is 4.67. The molecule has 2 aromatic rings. The molecule has 1 aliphatic heterocycles. The van der Waals surface area contributed by atoms with Crippen LogP contribution < -0.4 is 5.32 Å². The summed E-state index contributed by atoms with van der Waals surface area (Å²) >= 11 is 0. The van der Waals surface area contributed by atoms with E-state index in [4.69, 9.17) is 4.42 Å². The Kier molecular flexibility index (Phi) is 2.97. The Morgan fingerprint density at radius 3 is 2.80 bits per heavy atom. The van der Waals surface area contributed by atoms with E-state index < -0.39 is 0 Å². The molecule has 0 amide bonds. The Hall–Kier alpha value is -2.29. The van der Waals surface area contributed by atoms with Crippen LogP contribution in [0.5, 0.6) is 0 Å². The van der Waals surface area contributed by atoms with Crippen LogP contribution in [-0.2, 0) is 6.42 Å². The molecule has 20 heavy (non-hydrogen) atoms. The highest BCUT2D eigenvalue weighted by Crippen LogP contribution is 2.29. The standard InChI is InChI=1S/C17H17NO2/c1-17(2)11-12-6-3-4-7-13(12)14(18-17)10-15(19)16-8-5-9-20-16/h3-10,18H,11H2,1-2H3/b14-10-. The smallest absolute Gasteiger partial charge is 0.223 e. The Morgan fingerprint density at radius 1 is 1.25 bits per heavy atom. The van der Waals surface area contributed by atoms with Crippen molar-refractivity contribution in [3.63, 3.8) is 0 Å². The molecule has 1 aliphatic rings. The number of fused-ring (bicyclic) bond motifs is 1. The zero-order valence-corrected chi connectivity index (χ0v) is 11.6. The van der Waals surface area contributed by atoms with Crippen molar-refractivity contribution in [3.05, 3.63) is 65.6 Å². The number of nitrogens with one attached hydrogen (secondary N) is 1. The number of allylic oxidation sites excluding steroid dienone is 1. The van der Waals surface area contributed by atoms with E-state index in [1.54, 1.807) is 18.2 Å². The van der Waals surface area contributed by atoms with E-state index in [1.807, 2.05) is 18.2 Å². The van der Waals surface area contributed by atoms with Crippen molar-refractivity contribution in [2.45, 2.75) is 25.8 Å². The lowest BCUT2D eigenvalue weighted by molar-refractivity contribution is 0.102. The van der Waals surface area contributed by atoms with Crippen molar-refractivity contribution >= 4 is 11.5 Å². The molecule has 0 fully saturated rings. The molecule has 3 nitrogen and oxygen atoms in total. The largest absolute Gasteiger partial charge is 0.461 e. The molecule has 102 valence electrons. The Balaban J connectivity index is 2.02. The quantitative estimate of drug-likeness (QED) is 0.669. The fourth-order valence-corrected chi connectivity index (χ4v) is 2.62. The van der Waals surface area contributed by atoms with Crippen molar-refractivity contribution in [1.82, 2.24) is 5.32 Å². The SMILES string of the molecule is CC1(C)Cc2ccccc2/C(=C/C(=O)c2ccco2)N1. The number of hydrogen-bond acceptors (Lipinski definition) is 3. The van der Waals surface area contributed by atoms with E-state index in [1.165, 1.54) is 11.8 Å². The fourth-order valence-electron chi connectivity index (χ4n) is 2.62. The van der Waals surface area contributed by atoms with Crippen LogP contribution in [0.3, 0.4) is 0 Å². The van der Waals surface area contributed by atoms with Crippen LogP contribution in [-0.4, -0.2) is 11.3 Å². The Bertz CT molecular complexity index is 666. The monoisotopic (exact) mass is 267 g/mol. The molecule has 3 rings (SSSR count). The minimum atomic E-state index is -0.120. The maximum Gasteiger partial charge on any atom is 0.223 e. The molecule has 3 heteroatoms. The first kappa shape index (κ1) is 12.7. The highest BCUT2D eigenvalue weighted by molar-refractivity contribution is 6.06. The average molecular weight is 267 g/mol. The van der Waals surface area contributed by atoms with Gasteiger partial charge in [-0.05, 0) is 38.0 Å². The number of hydrogen-bond donors (Lipinski definition) is 1. The molecular formula is C17H17NO2. The molecule has 0 saturated carbocycles. The fraction of sp³-hybridized carbons (Fsp3) is 0.235. The summed E-state index contributed by atoms with van der Waals surface area (Å²) in [7, 11) is 0. The third-order valence-corrected chi connectivity index (χ3v) is 3.45. The van der Waals surface area contributed by atoms with Gasteiger partial charge in [-0.15, -0.1) is 0 Å². The van der Waals surface area contributed by atoms with Crippen molar-refractivity contribution in [2.75, 3.05) is 0 Å². The van der Waals surface area contributed by atoms with Crippen LogP contribution in [0.25, 0.3) is 5.70 Å². The van der Waals surface area contributed by atoms with Crippen LogP contribution in [0.4, 0.5) is 0 Å². The van der Waals surface area contributed by atoms with Crippen molar-refractivity contribution in [1.29, 1.82) is 0 Å². The number of furan rings is 1. The number of benzene rings is 1. The van der Waals surface area contributed by atoms with Gasteiger partial charge >= 0.3 is 0 Å². The molecule has 2 heterocycles. The third-order valence-electron chi connectivity index (χ3n) is 3.45. The van der Waals surface area contributed by atoms with E-state index in [-0.39, 0.29) is 11.3 Å². The lowest BCUT2D eigenvalue weighted by Gasteiger charge is -2.35. The first-order chi connectivity index (χ1) is 9.55. The van der Waals surface area contributed by atoms with Crippen molar-refractivity contribution < 1.29 is 9.21 Å². The van der Waals surface area contributed by atoms with Gasteiger partial charge in [0.1, 0.15) is 0 Å². The molecule has 0 radical (unpaired) electrons. The summed E-state index contributed by atoms with van der Waals surface area (Å²) in [5.41, 5.74) is 3.14. The van der Waals surface area contributed by atoms with E-state index in [9.17, 15) is 4.79 Å². The summed E-state index contributed by atoms with van der Waals surface area (Å²) < 4.78 is 5.15. The zero-order chi connectivity index (χ0) is 14.2. The average Bonchev–Trinajstić information content (AvgIpc) is 2.91. The van der Waals surface area contributed by atoms with Gasteiger partial charge in [0.05, 0.1) is 6.26 Å². The summed E-state index contributed by atoms with van der Waals surface area (Å²) in [6, 6.07) is 11.6. The topological polar surface area (TPSA) is 42.2 Å². The van der Waals surface area contributed by atoms with Gasteiger partial charge in [0.2, 0.25) is 5.78 Å². The van der Waals surface area contributed by atoms with E-state index in [0.29, 0.717) is 5.76 Å². The first-order valence-corrected chi connectivity index (χ1v) is 6.71. The molecule has 0 bridgehead atoms. The molecule has 0 unspecified atom stereocenters. The molecule has 1 aromatic heterocycles. The second-order valence-electron chi connectivity index (χ2n) is 5.74. The van der Waals surface area contributed by atoms with Gasteiger partial charge in [-0.25, -0.2) is 0 Å². The molecule has 0 spiro atoms.